The van der Waals surface area contributed by atoms with Crippen molar-refractivity contribution in [3.63, 3.8) is 0 Å². The first-order valence-corrected chi connectivity index (χ1v) is 11.1. The van der Waals surface area contributed by atoms with Gasteiger partial charge in [0, 0.05) is 24.6 Å². The summed E-state index contributed by atoms with van der Waals surface area (Å²) in [6.45, 7) is 6.05. The summed E-state index contributed by atoms with van der Waals surface area (Å²) in [6, 6.07) is 12.8. The topological polar surface area (TPSA) is 75.7 Å². The molecule has 2 amide bonds. The first-order chi connectivity index (χ1) is 16.8. The normalized spacial score (nSPS) is 11.3. The molecular formula is C25H27F3N4O3. The van der Waals surface area contributed by atoms with Crippen molar-refractivity contribution < 1.29 is 27.4 Å². The van der Waals surface area contributed by atoms with E-state index in [1.807, 2.05) is 18.7 Å². The van der Waals surface area contributed by atoms with E-state index in [1.54, 1.807) is 48.8 Å². The Morgan fingerprint density at radius 3 is 2.23 bits per heavy atom. The number of benzene rings is 2. The van der Waals surface area contributed by atoms with E-state index in [-0.39, 0.29) is 12.4 Å². The molecule has 35 heavy (non-hydrogen) atoms. The summed E-state index contributed by atoms with van der Waals surface area (Å²) in [7, 11) is 0. The van der Waals surface area contributed by atoms with Gasteiger partial charge >= 0.3 is 12.2 Å². The fraction of sp³-hybridized carbons (Fsp3) is 0.280. The van der Waals surface area contributed by atoms with Crippen LogP contribution in [0.2, 0.25) is 0 Å². The lowest BCUT2D eigenvalue weighted by molar-refractivity contribution is -0.138. The minimum absolute atomic E-state index is 0.0916. The highest BCUT2D eigenvalue weighted by molar-refractivity contribution is 6.00. The number of aromatic nitrogens is 1. The van der Waals surface area contributed by atoms with E-state index in [2.05, 4.69) is 15.6 Å². The number of nitrogens with one attached hydrogen (secondary N) is 2. The number of rotatable bonds is 10. The van der Waals surface area contributed by atoms with Crippen LogP contribution in [0.3, 0.4) is 0 Å². The fourth-order valence-electron chi connectivity index (χ4n) is 3.31. The molecule has 0 aliphatic heterocycles. The molecule has 2 aromatic carbocycles. The maximum atomic E-state index is 13.8. The van der Waals surface area contributed by atoms with E-state index in [0.717, 1.165) is 13.1 Å². The summed E-state index contributed by atoms with van der Waals surface area (Å²) in [5.74, 6) is 0.786. The number of alkyl halides is 3. The van der Waals surface area contributed by atoms with Gasteiger partial charge in [-0.25, -0.2) is 4.79 Å². The van der Waals surface area contributed by atoms with E-state index in [4.69, 9.17) is 9.47 Å². The average molecular weight is 489 g/mol. The summed E-state index contributed by atoms with van der Waals surface area (Å²) in [6.07, 6.45) is -1.54. The number of amides is 2. The zero-order valence-corrected chi connectivity index (χ0v) is 19.4. The second kappa shape index (κ2) is 12.1. The van der Waals surface area contributed by atoms with Crippen LogP contribution in [0.5, 0.6) is 17.2 Å². The molecule has 1 aromatic heterocycles. The molecule has 0 bridgehead atoms. The molecule has 0 atom stereocenters. The van der Waals surface area contributed by atoms with Crippen molar-refractivity contribution in [1.29, 1.82) is 0 Å². The van der Waals surface area contributed by atoms with E-state index < -0.39 is 23.5 Å². The predicted octanol–water partition coefficient (Wildman–Crippen LogP) is 6.26. The van der Waals surface area contributed by atoms with E-state index in [0.29, 0.717) is 23.7 Å². The Morgan fingerprint density at radius 1 is 0.943 bits per heavy atom. The average Bonchev–Trinajstić information content (AvgIpc) is 2.83. The maximum Gasteiger partial charge on any atom is 0.421 e. The molecule has 3 aromatic rings. The second-order valence-electron chi connectivity index (χ2n) is 7.44. The quantitative estimate of drug-likeness (QED) is 0.352. The van der Waals surface area contributed by atoms with Crippen LogP contribution in [0.25, 0.3) is 0 Å². The number of anilines is 2. The van der Waals surface area contributed by atoms with Gasteiger partial charge in [-0.3, -0.25) is 4.98 Å². The zero-order valence-electron chi connectivity index (χ0n) is 19.4. The molecule has 7 nitrogen and oxygen atoms in total. The first kappa shape index (κ1) is 25.8. The van der Waals surface area contributed by atoms with Crippen LogP contribution >= 0.6 is 0 Å². The number of likely N-dealkylation sites (N-methyl/N-ethyl adjacent to an activating group) is 1. The van der Waals surface area contributed by atoms with Crippen molar-refractivity contribution in [1.82, 2.24) is 9.88 Å². The third-order valence-electron chi connectivity index (χ3n) is 5.12. The van der Waals surface area contributed by atoms with Crippen LogP contribution in [0.15, 0.2) is 67.0 Å². The van der Waals surface area contributed by atoms with Crippen molar-refractivity contribution in [2.75, 3.05) is 36.9 Å². The van der Waals surface area contributed by atoms with E-state index >= 15 is 0 Å². The summed E-state index contributed by atoms with van der Waals surface area (Å²) >= 11 is 0. The molecule has 0 saturated carbocycles. The van der Waals surface area contributed by atoms with Gasteiger partial charge in [-0.1, -0.05) is 19.9 Å². The summed E-state index contributed by atoms with van der Waals surface area (Å²) in [4.78, 5) is 18.4. The third-order valence-corrected chi connectivity index (χ3v) is 5.12. The highest BCUT2D eigenvalue weighted by Gasteiger charge is 2.38. The third kappa shape index (κ3) is 7.61. The molecule has 0 radical (unpaired) electrons. The van der Waals surface area contributed by atoms with Crippen molar-refractivity contribution in [2.24, 2.45) is 0 Å². The lowest BCUT2D eigenvalue weighted by Crippen LogP contribution is -2.28. The molecule has 3 rings (SSSR count). The molecular weight excluding hydrogens is 461 g/mol. The first-order valence-electron chi connectivity index (χ1n) is 11.1. The predicted molar refractivity (Wildman–Crippen MR) is 128 cm³/mol. The van der Waals surface area contributed by atoms with Crippen molar-refractivity contribution >= 4 is 17.4 Å². The highest BCUT2D eigenvalue weighted by atomic mass is 19.4. The molecule has 0 unspecified atom stereocenters. The number of halogens is 3. The fourth-order valence-corrected chi connectivity index (χ4v) is 3.31. The Labute approximate surface area is 201 Å². The molecule has 1 heterocycles. The SMILES string of the molecule is CCN(CC)CCOc1cccc(NC(=O)Nc2ccc(Oc3ccncc3)cc2)c1C(F)(F)F. The van der Waals surface area contributed by atoms with Gasteiger partial charge < -0.3 is 25.0 Å². The molecule has 0 aliphatic rings. The largest absolute Gasteiger partial charge is 0.492 e. The monoisotopic (exact) mass is 488 g/mol. The number of ether oxygens (including phenoxy) is 2. The van der Waals surface area contributed by atoms with Gasteiger partial charge in [0.25, 0.3) is 0 Å². The van der Waals surface area contributed by atoms with Gasteiger partial charge in [0.2, 0.25) is 0 Å². The number of pyridine rings is 1. The Morgan fingerprint density at radius 2 is 1.60 bits per heavy atom. The van der Waals surface area contributed by atoms with Gasteiger partial charge in [-0.2, -0.15) is 13.2 Å². The van der Waals surface area contributed by atoms with E-state index in [1.165, 1.54) is 18.2 Å². The smallest absolute Gasteiger partial charge is 0.421 e. The van der Waals surface area contributed by atoms with Crippen molar-refractivity contribution in [3.05, 3.63) is 72.6 Å². The van der Waals surface area contributed by atoms with Crippen LogP contribution in [0, 0.1) is 0 Å². The number of urea groups is 1. The lowest BCUT2D eigenvalue weighted by Gasteiger charge is -2.21. The molecule has 0 spiro atoms. The van der Waals surface area contributed by atoms with Crippen molar-refractivity contribution in [3.8, 4) is 17.2 Å². The Kier molecular flexibility index (Phi) is 8.91. The minimum Gasteiger partial charge on any atom is -0.492 e. The molecule has 0 saturated heterocycles. The molecule has 2 N–H and O–H groups in total. The van der Waals surface area contributed by atoms with Crippen LogP contribution < -0.4 is 20.1 Å². The molecule has 0 aliphatic carbocycles. The van der Waals surface area contributed by atoms with Crippen molar-refractivity contribution in [2.45, 2.75) is 20.0 Å². The molecule has 186 valence electrons. The number of hydrogen-bond acceptors (Lipinski definition) is 5. The van der Waals surface area contributed by atoms with Gasteiger partial charge in [-0.15, -0.1) is 0 Å². The zero-order chi connectivity index (χ0) is 25.3. The van der Waals surface area contributed by atoms with Crippen LogP contribution in [-0.4, -0.2) is 42.2 Å². The summed E-state index contributed by atoms with van der Waals surface area (Å²) in [5, 5.41) is 4.81. The standard InChI is InChI=1S/C25H27F3N4O3/c1-3-32(4-2)16-17-34-22-7-5-6-21(23(22)25(26,27)28)31-24(33)30-18-8-10-19(11-9-18)35-20-12-14-29-15-13-20/h5-15H,3-4,16-17H2,1-2H3,(H2,30,31,33). The van der Waals surface area contributed by atoms with Gasteiger partial charge in [0.05, 0.1) is 5.69 Å². The maximum absolute atomic E-state index is 13.8. The summed E-state index contributed by atoms with van der Waals surface area (Å²) < 4.78 is 52.6. The minimum atomic E-state index is -4.72. The summed E-state index contributed by atoms with van der Waals surface area (Å²) in [5.41, 5.74) is -1.05. The second-order valence-corrected chi connectivity index (χ2v) is 7.44. The van der Waals surface area contributed by atoms with Gasteiger partial charge in [0.15, 0.2) is 0 Å². The van der Waals surface area contributed by atoms with Crippen LogP contribution in [0.1, 0.15) is 19.4 Å². The molecule has 0 fully saturated rings. The number of carbonyl (C=O) groups is 1. The van der Waals surface area contributed by atoms with Gasteiger partial charge in [0.1, 0.15) is 29.4 Å². The lowest BCUT2D eigenvalue weighted by atomic mass is 10.1. The van der Waals surface area contributed by atoms with Gasteiger partial charge in [-0.05, 0) is 61.6 Å². The Balaban J connectivity index is 1.66. The number of nitrogens with zero attached hydrogens (tertiary/aromatic N) is 2. The highest BCUT2D eigenvalue weighted by Crippen LogP contribution is 2.41. The van der Waals surface area contributed by atoms with E-state index in [9.17, 15) is 18.0 Å². The van der Waals surface area contributed by atoms with Crippen LogP contribution in [0.4, 0.5) is 29.3 Å². The number of hydrogen-bond donors (Lipinski definition) is 2. The molecule has 10 heteroatoms. The Bertz CT molecular complexity index is 1090. The van der Waals surface area contributed by atoms with Crippen LogP contribution in [-0.2, 0) is 6.18 Å². The Hall–Kier alpha value is -3.79. The number of carbonyl (C=O) groups excluding carboxylic acids is 1.